The highest BCUT2D eigenvalue weighted by Gasteiger charge is 2.35. The van der Waals surface area contributed by atoms with Gasteiger partial charge in [-0.15, -0.1) is 0 Å². The fraction of sp³-hybridized carbons (Fsp3) is 0.571. The number of hydrogen-bond acceptors (Lipinski definition) is 1. The van der Waals surface area contributed by atoms with E-state index in [0.29, 0.717) is 11.3 Å². The Bertz CT molecular complexity index is 346. The molecular formula is C14H20FN. The highest BCUT2D eigenvalue weighted by Crippen LogP contribution is 2.42. The largest absolute Gasteiger partial charge is 0.316 e. The summed E-state index contributed by atoms with van der Waals surface area (Å²) in [5.41, 5.74) is 1.61. The summed E-state index contributed by atoms with van der Waals surface area (Å²) in [5, 5.41) is 3.44. The van der Waals surface area contributed by atoms with Crippen molar-refractivity contribution in [2.24, 2.45) is 5.41 Å². The van der Waals surface area contributed by atoms with Crippen molar-refractivity contribution < 1.29 is 4.39 Å². The normalized spacial score (nSPS) is 30.3. The van der Waals surface area contributed by atoms with Crippen molar-refractivity contribution in [3.8, 4) is 0 Å². The lowest BCUT2D eigenvalue weighted by Crippen LogP contribution is -2.41. The second-order valence-corrected chi connectivity index (χ2v) is 5.07. The third-order valence-electron chi connectivity index (χ3n) is 4.14. The average molecular weight is 221 g/mol. The first-order chi connectivity index (χ1) is 7.65. The zero-order chi connectivity index (χ0) is 11.6. The van der Waals surface area contributed by atoms with Gasteiger partial charge in [-0.2, -0.15) is 0 Å². The zero-order valence-electron chi connectivity index (χ0n) is 10.1. The summed E-state index contributed by atoms with van der Waals surface area (Å²) >= 11 is 0. The van der Waals surface area contributed by atoms with Crippen molar-refractivity contribution in [2.75, 3.05) is 13.1 Å². The quantitative estimate of drug-likeness (QED) is 0.807. The second kappa shape index (κ2) is 4.54. The van der Waals surface area contributed by atoms with Crippen molar-refractivity contribution >= 4 is 0 Å². The van der Waals surface area contributed by atoms with Gasteiger partial charge in [0.25, 0.3) is 0 Å². The van der Waals surface area contributed by atoms with E-state index in [9.17, 15) is 4.39 Å². The van der Waals surface area contributed by atoms with Crippen LogP contribution in [0.4, 0.5) is 4.39 Å². The molecule has 2 heteroatoms. The summed E-state index contributed by atoms with van der Waals surface area (Å²) in [7, 11) is 0. The van der Waals surface area contributed by atoms with Crippen molar-refractivity contribution in [1.29, 1.82) is 0 Å². The highest BCUT2D eigenvalue weighted by atomic mass is 19.1. The van der Waals surface area contributed by atoms with Gasteiger partial charge in [0, 0.05) is 12.5 Å². The molecule has 0 bridgehead atoms. The maximum absolute atomic E-state index is 12.9. The first-order valence-electron chi connectivity index (χ1n) is 6.12. The number of halogens is 1. The van der Waals surface area contributed by atoms with Crippen LogP contribution < -0.4 is 5.32 Å². The maximum Gasteiger partial charge on any atom is 0.123 e. The van der Waals surface area contributed by atoms with Crippen molar-refractivity contribution in [3.63, 3.8) is 0 Å². The van der Waals surface area contributed by atoms with Crippen LogP contribution in [0.2, 0.25) is 0 Å². The lowest BCUT2D eigenvalue weighted by atomic mass is 9.68. The van der Waals surface area contributed by atoms with Crippen LogP contribution in [0.25, 0.3) is 0 Å². The van der Waals surface area contributed by atoms with Crippen LogP contribution in [0.15, 0.2) is 24.3 Å². The van der Waals surface area contributed by atoms with E-state index in [2.05, 4.69) is 19.2 Å². The number of rotatable bonds is 2. The molecule has 1 N–H and O–H groups in total. The zero-order valence-corrected chi connectivity index (χ0v) is 10.1. The molecule has 1 aromatic carbocycles. The van der Waals surface area contributed by atoms with Gasteiger partial charge in [-0.1, -0.05) is 32.4 Å². The van der Waals surface area contributed by atoms with Crippen LogP contribution in [-0.2, 0) is 0 Å². The summed E-state index contributed by atoms with van der Waals surface area (Å²) in [4.78, 5) is 0. The molecule has 2 atom stereocenters. The molecule has 1 aliphatic rings. The lowest BCUT2D eigenvalue weighted by molar-refractivity contribution is 0.180. The Kier molecular flexibility index (Phi) is 3.29. The molecular weight excluding hydrogens is 201 g/mol. The van der Waals surface area contributed by atoms with Gasteiger partial charge in [0.1, 0.15) is 5.82 Å². The standard InChI is InChI=1S/C14H20FN/c1-3-14(2)8-9-16-10-13(14)11-4-6-12(15)7-5-11/h4-7,13,16H,3,8-10H2,1-2H3. The summed E-state index contributed by atoms with van der Waals surface area (Å²) in [6, 6.07) is 7.00. The van der Waals surface area contributed by atoms with E-state index in [4.69, 9.17) is 0 Å². The van der Waals surface area contributed by atoms with Gasteiger partial charge in [-0.3, -0.25) is 0 Å². The van der Waals surface area contributed by atoms with Gasteiger partial charge in [0.05, 0.1) is 0 Å². The van der Waals surface area contributed by atoms with Crippen LogP contribution >= 0.6 is 0 Å². The van der Waals surface area contributed by atoms with Crippen molar-refractivity contribution in [3.05, 3.63) is 35.6 Å². The summed E-state index contributed by atoms with van der Waals surface area (Å²) in [5.74, 6) is 0.359. The molecule has 1 heterocycles. The third kappa shape index (κ3) is 2.12. The van der Waals surface area contributed by atoms with E-state index in [0.717, 1.165) is 13.1 Å². The van der Waals surface area contributed by atoms with Crippen molar-refractivity contribution in [2.45, 2.75) is 32.6 Å². The Morgan fingerprint density at radius 1 is 1.38 bits per heavy atom. The number of benzene rings is 1. The molecule has 1 aliphatic heterocycles. The van der Waals surface area contributed by atoms with E-state index in [1.54, 1.807) is 12.1 Å². The van der Waals surface area contributed by atoms with E-state index >= 15 is 0 Å². The van der Waals surface area contributed by atoms with E-state index in [1.165, 1.54) is 18.4 Å². The Morgan fingerprint density at radius 3 is 2.69 bits per heavy atom. The Labute approximate surface area is 97.1 Å². The van der Waals surface area contributed by atoms with Gasteiger partial charge in [0.2, 0.25) is 0 Å². The lowest BCUT2D eigenvalue weighted by Gasteiger charge is -2.41. The van der Waals surface area contributed by atoms with Gasteiger partial charge in [0.15, 0.2) is 0 Å². The van der Waals surface area contributed by atoms with Gasteiger partial charge in [-0.05, 0) is 36.1 Å². The molecule has 2 rings (SSSR count). The third-order valence-corrected chi connectivity index (χ3v) is 4.14. The Hall–Kier alpha value is -0.890. The average Bonchev–Trinajstić information content (AvgIpc) is 2.31. The molecule has 0 aromatic heterocycles. The van der Waals surface area contributed by atoms with Crippen LogP contribution in [0, 0.1) is 11.2 Å². The second-order valence-electron chi connectivity index (χ2n) is 5.07. The van der Waals surface area contributed by atoms with Crippen LogP contribution in [-0.4, -0.2) is 13.1 Å². The smallest absolute Gasteiger partial charge is 0.123 e. The minimum Gasteiger partial charge on any atom is -0.316 e. The first-order valence-corrected chi connectivity index (χ1v) is 6.12. The minimum absolute atomic E-state index is 0.147. The molecule has 2 unspecified atom stereocenters. The molecule has 0 aliphatic carbocycles. The molecule has 1 aromatic rings. The fourth-order valence-corrected chi connectivity index (χ4v) is 2.68. The molecule has 16 heavy (non-hydrogen) atoms. The number of nitrogens with one attached hydrogen (secondary N) is 1. The topological polar surface area (TPSA) is 12.0 Å². The van der Waals surface area contributed by atoms with Crippen LogP contribution in [0.1, 0.15) is 38.2 Å². The summed E-state index contributed by atoms with van der Waals surface area (Å²) < 4.78 is 12.9. The van der Waals surface area contributed by atoms with Gasteiger partial charge >= 0.3 is 0 Å². The van der Waals surface area contributed by atoms with E-state index in [1.807, 2.05) is 12.1 Å². The van der Waals surface area contributed by atoms with Crippen LogP contribution in [0.3, 0.4) is 0 Å². The minimum atomic E-state index is -0.147. The summed E-state index contributed by atoms with van der Waals surface area (Å²) in [6.07, 6.45) is 2.38. The van der Waals surface area contributed by atoms with E-state index in [-0.39, 0.29) is 5.82 Å². The monoisotopic (exact) mass is 221 g/mol. The maximum atomic E-state index is 12.9. The molecule has 1 saturated heterocycles. The van der Waals surface area contributed by atoms with Crippen LogP contribution in [0.5, 0.6) is 0 Å². The fourth-order valence-electron chi connectivity index (χ4n) is 2.68. The van der Waals surface area contributed by atoms with E-state index < -0.39 is 0 Å². The van der Waals surface area contributed by atoms with Gasteiger partial charge < -0.3 is 5.32 Å². The Morgan fingerprint density at radius 2 is 2.06 bits per heavy atom. The summed E-state index contributed by atoms with van der Waals surface area (Å²) in [6.45, 7) is 6.71. The predicted octanol–water partition coefficient (Wildman–Crippen LogP) is 3.32. The van der Waals surface area contributed by atoms with Gasteiger partial charge in [-0.25, -0.2) is 4.39 Å². The SMILES string of the molecule is CCC1(C)CCNCC1c1ccc(F)cc1. The molecule has 0 radical (unpaired) electrons. The van der Waals surface area contributed by atoms with Crippen molar-refractivity contribution in [1.82, 2.24) is 5.32 Å². The molecule has 0 saturated carbocycles. The molecule has 0 spiro atoms. The number of piperidine rings is 1. The molecule has 1 fully saturated rings. The number of hydrogen-bond donors (Lipinski definition) is 1. The highest BCUT2D eigenvalue weighted by molar-refractivity contribution is 5.24. The Balaban J connectivity index is 2.26. The molecule has 88 valence electrons. The molecule has 0 amide bonds. The first kappa shape index (κ1) is 11.6. The molecule has 1 nitrogen and oxygen atoms in total. The predicted molar refractivity (Wildman–Crippen MR) is 65.0 cm³/mol.